The fourth-order valence-electron chi connectivity index (χ4n) is 2.65. The molecule has 0 rings (SSSR count). The van der Waals surface area contributed by atoms with E-state index in [1.54, 1.807) is 35.5 Å². The van der Waals surface area contributed by atoms with Gasteiger partial charge in [-0.3, -0.25) is 0 Å². The third kappa shape index (κ3) is 9.39. The van der Waals surface area contributed by atoms with Gasteiger partial charge in [0.05, 0.1) is 6.61 Å². The van der Waals surface area contributed by atoms with E-state index in [2.05, 4.69) is 18.7 Å². The number of hydrogen-bond acceptors (Lipinski definition) is 6. The van der Waals surface area contributed by atoms with Crippen molar-refractivity contribution >= 4 is 17.2 Å². The Hall–Kier alpha value is 0.620. The number of methoxy groups -OCH3 is 5. The molecule has 0 bridgehead atoms. The van der Waals surface area contributed by atoms with Gasteiger partial charge >= 0.3 is 0 Å². The van der Waals surface area contributed by atoms with Gasteiger partial charge < -0.3 is 28.6 Å². The summed E-state index contributed by atoms with van der Waals surface area (Å²) in [5, 5.41) is 0. The maximum absolute atomic E-state index is 5.58. The largest absolute Gasteiger partial charge is 0.383 e. The van der Waals surface area contributed by atoms with Crippen LogP contribution in [0.5, 0.6) is 0 Å². The number of rotatable bonds is 17. The molecule has 0 aliphatic rings. The molecule has 0 N–H and O–H groups in total. The lowest BCUT2D eigenvalue weighted by molar-refractivity contribution is -0.138. The molecule has 0 heterocycles. The van der Waals surface area contributed by atoms with Gasteiger partial charge in [-0.1, -0.05) is 31.0 Å². The number of ether oxygens (including phenoxy) is 5. The first-order valence-corrected chi connectivity index (χ1v) is 11.3. The van der Waals surface area contributed by atoms with Gasteiger partial charge in [0, 0.05) is 68.0 Å². The molecular formula is C17H39NO5P2. The molecule has 0 fully saturated rings. The van der Waals surface area contributed by atoms with Crippen molar-refractivity contribution in [2.45, 2.75) is 37.7 Å². The van der Waals surface area contributed by atoms with Crippen molar-refractivity contribution in [2.75, 3.05) is 74.1 Å². The first-order chi connectivity index (χ1) is 12.0. The van der Waals surface area contributed by atoms with Gasteiger partial charge in [0.1, 0.15) is 0 Å². The lowest BCUT2D eigenvalue weighted by Crippen LogP contribution is -2.35. The van der Waals surface area contributed by atoms with Crippen LogP contribution < -0.4 is 0 Å². The summed E-state index contributed by atoms with van der Waals surface area (Å²) in [6.45, 7) is 7.91. The average molecular weight is 399 g/mol. The molecule has 0 radical (unpaired) electrons. The van der Waals surface area contributed by atoms with Crippen molar-refractivity contribution in [1.82, 2.24) is 4.90 Å². The van der Waals surface area contributed by atoms with Crippen LogP contribution in [0.15, 0.2) is 0 Å². The van der Waals surface area contributed by atoms with Crippen LogP contribution >= 0.6 is 17.2 Å². The number of hydrogen-bond donors (Lipinski definition) is 0. The molecule has 2 atom stereocenters. The van der Waals surface area contributed by atoms with E-state index in [4.69, 9.17) is 23.7 Å². The van der Waals surface area contributed by atoms with Crippen LogP contribution in [-0.2, 0) is 23.7 Å². The van der Waals surface area contributed by atoms with Gasteiger partial charge in [0.15, 0.2) is 11.1 Å². The van der Waals surface area contributed by atoms with Crippen molar-refractivity contribution in [3.05, 3.63) is 0 Å². The molecule has 2 unspecified atom stereocenters. The Balaban J connectivity index is 4.45. The van der Waals surface area contributed by atoms with Crippen LogP contribution in [0.1, 0.15) is 26.7 Å². The molecule has 6 nitrogen and oxygen atoms in total. The molecular weight excluding hydrogens is 360 g/mol. The lowest BCUT2D eigenvalue weighted by atomic mass is 10.4. The quantitative estimate of drug-likeness (QED) is 0.277. The summed E-state index contributed by atoms with van der Waals surface area (Å²) in [6, 6.07) is 0. The van der Waals surface area contributed by atoms with Crippen molar-refractivity contribution in [1.29, 1.82) is 0 Å². The maximum atomic E-state index is 5.58. The Bertz CT molecular complexity index is 273. The normalized spacial score (nSPS) is 13.9. The second-order valence-corrected chi connectivity index (χ2v) is 8.95. The smallest absolute Gasteiger partial charge is 0.182 e. The molecule has 0 aromatic rings. The van der Waals surface area contributed by atoms with Crippen molar-refractivity contribution < 1.29 is 23.7 Å². The Kier molecular flexibility index (Phi) is 15.0. The Morgan fingerprint density at radius 1 is 0.680 bits per heavy atom. The minimum Gasteiger partial charge on any atom is -0.383 e. The van der Waals surface area contributed by atoms with Crippen LogP contribution in [0.3, 0.4) is 0 Å². The summed E-state index contributed by atoms with van der Waals surface area (Å²) in [5.74, 6) is 0. The molecule has 8 heteroatoms. The highest BCUT2D eigenvalue weighted by Crippen LogP contribution is 2.37. The number of nitrogens with zero attached hydrogens (tertiary/aromatic N) is 1. The SMILES string of the molecule is CCC(OC)(OC)PCCN(CCOC)CCPC(CC)(OC)OC. The highest BCUT2D eigenvalue weighted by molar-refractivity contribution is 7.39. The maximum Gasteiger partial charge on any atom is 0.182 e. The van der Waals surface area contributed by atoms with Crippen LogP contribution in [0.4, 0.5) is 0 Å². The second kappa shape index (κ2) is 14.6. The van der Waals surface area contributed by atoms with Gasteiger partial charge in [0.2, 0.25) is 0 Å². The molecule has 25 heavy (non-hydrogen) atoms. The third-order valence-corrected chi connectivity index (χ3v) is 8.05. The summed E-state index contributed by atoms with van der Waals surface area (Å²) < 4.78 is 27.6. The van der Waals surface area contributed by atoms with E-state index in [-0.39, 0.29) is 0 Å². The first kappa shape index (κ1) is 25.6. The summed E-state index contributed by atoms with van der Waals surface area (Å²) in [6.07, 6.45) is 3.82. The fraction of sp³-hybridized carbons (Fsp3) is 1.00. The van der Waals surface area contributed by atoms with E-state index in [1.165, 1.54) is 0 Å². The zero-order chi connectivity index (χ0) is 19.2. The van der Waals surface area contributed by atoms with E-state index < -0.39 is 11.1 Å². The predicted molar refractivity (Wildman–Crippen MR) is 109 cm³/mol. The Morgan fingerprint density at radius 3 is 1.36 bits per heavy atom. The van der Waals surface area contributed by atoms with E-state index >= 15 is 0 Å². The highest BCUT2D eigenvalue weighted by atomic mass is 31.1. The van der Waals surface area contributed by atoms with Gasteiger partial charge in [-0.05, 0) is 12.3 Å². The van der Waals surface area contributed by atoms with Crippen LogP contribution in [0.25, 0.3) is 0 Å². The summed E-state index contributed by atoms with van der Waals surface area (Å²) in [7, 11) is 9.87. The third-order valence-electron chi connectivity index (χ3n) is 4.51. The zero-order valence-corrected chi connectivity index (χ0v) is 19.1. The molecule has 0 amide bonds. The standard InChI is InChI=1S/C17H39NO5P2/c1-8-16(20-4,21-5)24-14-11-18(10-13-19-3)12-15-25-17(9-2,22-6)23-7/h24-25H,8-15H2,1-7H3. The van der Waals surface area contributed by atoms with E-state index in [0.29, 0.717) is 17.2 Å². The van der Waals surface area contributed by atoms with Crippen molar-refractivity contribution in [2.24, 2.45) is 0 Å². The predicted octanol–water partition coefficient (Wildman–Crippen LogP) is 3.01. The minimum absolute atomic E-state index is 0.432. The van der Waals surface area contributed by atoms with Crippen molar-refractivity contribution in [3.8, 4) is 0 Å². The molecule has 0 saturated carbocycles. The highest BCUT2D eigenvalue weighted by Gasteiger charge is 2.28. The summed E-state index contributed by atoms with van der Waals surface area (Å²) >= 11 is 0. The van der Waals surface area contributed by atoms with Crippen LogP contribution in [-0.4, -0.2) is 90.1 Å². The molecule has 0 spiro atoms. The van der Waals surface area contributed by atoms with Gasteiger partial charge in [-0.2, -0.15) is 0 Å². The molecule has 152 valence electrons. The van der Waals surface area contributed by atoms with Crippen LogP contribution in [0.2, 0.25) is 0 Å². The van der Waals surface area contributed by atoms with Gasteiger partial charge in [-0.25, -0.2) is 0 Å². The van der Waals surface area contributed by atoms with E-state index in [0.717, 1.165) is 51.4 Å². The topological polar surface area (TPSA) is 49.4 Å². The van der Waals surface area contributed by atoms with Crippen molar-refractivity contribution in [3.63, 3.8) is 0 Å². The monoisotopic (exact) mass is 399 g/mol. The molecule has 0 aliphatic carbocycles. The first-order valence-electron chi connectivity index (χ1n) is 8.92. The van der Waals surface area contributed by atoms with E-state index in [9.17, 15) is 0 Å². The fourth-order valence-corrected chi connectivity index (χ4v) is 5.34. The molecule has 0 saturated heterocycles. The Labute approximate surface area is 158 Å². The zero-order valence-electron chi connectivity index (χ0n) is 17.1. The lowest BCUT2D eigenvalue weighted by Gasteiger charge is -2.32. The minimum atomic E-state index is -0.432. The Morgan fingerprint density at radius 2 is 1.08 bits per heavy atom. The van der Waals surface area contributed by atoms with Gasteiger partial charge in [0.25, 0.3) is 0 Å². The molecule has 0 aromatic heterocycles. The van der Waals surface area contributed by atoms with Crippen LogP contribution in [0, 0.1) is 0 Å². The average Bonchev–Trinajstić information content (AvgIpc) is 2.67. The van der Waals surface area contributed by atoms with Gasteiger partial charge in [-0.15, -0.1) is 0 Å². The van der Waals surface area contributed by atoms with E-state index in [1.807, 2.05) is 0 Å². The second-order valence-electron chi connectivity index (χ2n) is 5.72. The molecule has 0 aromatic carbocycles. The summed E-state index contributed by atoms with van der Waals surface area (Å²) in [4.78, 5) is 2.45. The summed E-state index contributed by atoms with van der Waals surface area (Å²) in [5.41, 5.74) is -0.865. The molecule has 0 aliphatic heterocycles.